The number of carbonyl (C=O) groups excluding carboxylic acids is 2. The summed E-state index contributed by atoms with van der Waals surface area (Å²) in [5.74, 6) is 0.0435. The van der Waals surface area contributed by atoms with Crippen LogP contribution in [0, 0.1) is 5.92 Å². The summed E-state index contributed by atoms with van der Waals surface area (Å²) in [6.45, 7) is 1.16. The molecule has 1 amide bonds. The van der Waals surface area contributed by atoms with E-state index in [-0.39, 0.29) is 35.8 Å². The van der Waals surface area contributed by atoms with Crippen LogP contribution in [0.5, 0.6) is 0 Å². The van der Waals surface area contributed by atoms with E-state index in [1.54, 1.807) is 0 Å². The summed E-state index contributed by atoms with van der Waals surface area (Å²) in [5, 5.41) is 2.19. The lowest BCUT2D eigenvalue weighted by Gasteiger charge is -2.47. The molecule has 5 nitrogen and oxygen atoms in total. The molecule has 0 N–H and O–H groups in total. The standard InChI is InChI=1S/C33H29NO4/c35-32(23-14-13-21-7-1-2-8-22(21)15-23)24-16-25-18-37-19-26(17-24)34(25)33(36)38-20-31-29-11-5-3-9-27(29)28-10-4-6-12-30(28)31/h1-15,24-26,31H,16-20H2. The minimum Gasteiger partial charge on any atom is -0.448 e. The highest BCUT2D eigenvalue weighted by atomic mass is 16.6. The van der Waals surface area contributed by atoms with Crippen LogP contribution in [0.15, 0.2) is 91.0 Å². The lowest BCUT2D eigenvalue weighted by Crippen LogP contribution is -2.60. The van der Waals surface area contributed by atoms with Crippen LogP contribution in [0.4, 0.5) is 4.79 Å². The molecule has 5 heteroatoms. The summed E-state index contributed by atoms with van der Waals surface area (Å²) >= 11 is 0. The fourth-order valence-electron chi connectivity index (χ4n) is 6.67. The number of carbonyl (C=O) groups is 2. The number of Topliss-reactive ketones (excluding diaryl/α,β-unsaturated/α-hetero) is 1. The molecule has 190 valence electrons. The molecule has 0 radical (unpaired) electrons. The number of amides is 1. The maximum atomic E-state index is 13.5. The minimum atomic E-state index is -0.304. The van der Waals surface area contributed by atoms with E-state index in [0.717, 1.165) is 16.3 Å². The van der Waals surface area contributed by atoms with Crippen molar-refractivity contribution >= 4 is 22.6 Å². The molecule has 2 saturated heterocycles. The molecule has 7 rings (SSSR count). The van der Waals surface area contributed by atoms with E-state index < -0.39 is 0 Å². The van der Waals surface area contributed by atoms with Crippen LogP contribution in [0.25, 0.3) is 21.9 Å². The first-order chi connectivity index (χ1) is 18.7. The van der Waals surface area contributed by atoms with Crippen LogP contribution < -0.4 is 0 Å². The number of piperidine rings is 1. The first-order valence-corrected chi connectivity index (χ1v) is 13.4. The maximum absolute atomic E-state index is 13.5. The summed E-state index contributed by atoms with van der Waals surface area (Å²) in [7, 11) is 0. The van der Waals surface area contributed by atoms with Gasteiger partial charge in [-0.25, -0.2) is 4.79 Å². The monoisotopic (exact) mass is 503 g/mol. The predicted molar refractivity (Wildman–Crippen MR) is 146 cm³/mol. The van der Waals surface area contributed by atoms with Crippen molar-refractivity contribution < 1.29 is 19.1 Å². The first-order valence-electron chi connectivity index (χ1n) is 13.4. The molecule has 2 bridgehead atoms. The molecule has 2 aliphatic heterocycles. The number of hydrogen-bond acceptors (Lipinski definition) is 4. The number of fused-ring (bicyclic) bond motifs is 6. The van der Waals surface area contributed by atoms with E-state index in [2.05, 4.69) is 42.5 Å². The van der Waals surface area contributed by atoms with Crippen molar-refractivity contribution in [1.29, 1.82) is 0 Å². The van der Waals surface area contributed by atoms with Crippen molar-refractivity contribution in [2.45, 2.75) is 30.8 Å². The van der Waals surface area contributed by atoms with Crippen molar-refractivity contribution in [3.05, 3.63) is 108 Å². The summed E-state index contributed by atoms with van der Waals surface area (Å²) in [4.78, 5) is 28.8. The zero-order valence-corrected chi connectivity index (χ0v) is 21.1. The van der Waals surface area contributed by atoms with Gasteiger partial charge < -0.3 is 9.47 Å². The van der Waals surface area contributed by atoms with Gasteiger partial charge in [-0.05, 0) is 51.9 Å². The first kappa shape index (κ1) is 23.2. The summed E-state index contributed by atoms with van der Waals surface area (Å²) < 4.78 is 11.8. The van der Waals surface area contributed by atoms with Gasteiger partial charge in [-0.15, -0.1) is 0 Å². The highest BCUT2D eigenvalue weighted by molar-refractivity contribution is 6.01. The molecule has 0 saturated carbocycles. The fourth-order valence-corrected chi connectivity index (χ4v) is 6.67. The van der Waals surface area contributed by atoms with Crippen LogP contribution in [0.3, 0.4) is 0 Å². The normalized spacial score (nSPS) is 22.1. The van der Waals surface area contributed by atoms with Crippen molar-refractivity contribution in [2.75, 3.05) is 19.8 Å². The van der Waals surface area contributed by atoms with Gasteiger partial charge in [-0.3, -0.25) is 9.69 Å². The van der Waals surface area contributed by atoms with Crippen LogP contribution in [0.2, 0.25) is 0 Å². The highest BCUT2D eigenvalue weighted by Crippen LogP contribution is 2.45. The molecule has 2 atom stereocenters. The van der Waals surface area contributed by atoms with E-state index in [0.29, 0.717) is 32.7 Å². The lowest BCUT2D eigenvalue weighted by atomic mass is 9.80. The molecular formula is C33H29NO4. The molecule has 1 aliphatic carbocycles. The fraction of sp³-hybridized carbons (Fsp3) is 0.273. The number of morpholine rings is 1. The Labute approximate surface area is 222 Å². The number of benzene rings is 4. The van der Waals surface area contributed by atoms with Crippen LogP contribution in [-0.4, -0.2) is 48.7 Å². The maximum Gasteiger partial charge on any atom is 0.410 e. The topological polar surface area (TPSA) is 55.8 Å². The molecule has 0 spiro atoms. The molecule has 0 aromatic heterocycles. The number of hydrogen-bond donors (Lipinski definition) is 0. The highest BCUT2D eigenvalue weighted by Gasteiger charge is 2.45. The van der Waals surface area contributed by atoms with Crippen LogP contribution in [-0.2, 0) is 9.47 Å². The van der Waals surface area contributed by atoms with Gasteiger partial charge in [0.15, 0.2) is 5.78 Å². The zero-order valence-electron chi connectivity index (χ0n) is 21.1. The average molecular weight is 504 g/mol. The summed E-state index contributed by atoms with van der Waals surface area (Å²) in [5.41, 5.74) is 5.56. The average Bonchev–Trinajstić information content (AvgIpc) is 3.28. The van der Waals surface area contributed by atoms with Crippen LogP contribution in [0.1, 0.15) is 40.2 Å². The van der Waals surface area contributed by atoms with Gasteiger partial charge in [-0.1, -0.05) is 84.9 Å². The molecule has 4 aromatic rings. The van der Waals surface area contributed by atoms with Gasteiger partial charge >= 0.3 is 6.09 Å². The number of nitrogens with zero attached hydrogens (tertiary/aromatic N) is 1. The van der Waals surface area contributed by atoms with Gasteiger partial charge in [0, 0.05) is 17.4 Å². The van der Waals surface area contributed by atoms with E-state index >= 15 is 0 Å². The van der Waals surface area contributed by atoms with Gasteiger partial charge in [0.05, 0.1) is 25.3 Å². The smallest absolute Gasteiger partial charge is 0.410 e. The second kappa shape index (κ2) is 9.41. The molecule has 2 heterocycles. The molecule has 2 fully saturated rings. The van der Waals surface area contributed by atoms with Crippen molar-refractivity contribution in [2.24, 2.45) is 5.92 Å². The lowest BCUT2D eigenvalue weighted by molar-refractivity contribution is -0.0747. The molecule has 2 unspecified atom stereocenters. The van der Waals surface area contributed by atoms with Crippen molar-refractivity contribution in [1.82, 2.24) is 4.90 Å². The second-order valence-electron chi connectivity index (χ2n) is 10.7. The Morgan fingerprint density at radius 1 is 0.763 bits per heavy atom. The number of ether oxygens (including phenoxy) is 2. The Balaban J connectivity index is 1.07. The second-order valence-corrected chi connectivity index (χ2v) is 10.7. The zero-order chi connectivity index (χ0) is 25.6. The van der Waals surface area contributed by atoms with E-state index in [9.17, 15) is 9.59 Å². The van der Waals surface area contributed by atoms with E-state index in [4.69, 9.17) is 9.47 Å². The largest absolute Gasteiger partial charge is 0.448 e. The van der Waals surface area contributed by atoms with Gasteiger partial charge in [0.2, 0.25) is 0 Å². The molecule has 3 aliphatic rings. The third-order valence-corrected chi connectivity index (χ3v) is 8.47. The molecule has 4 aromatic carbocycles. The van der Waals surface area contributed by atoms with E-state index in [1.807, 2.05) is 53.4 Å². The van der Waals surface area contributed by atoms with E-state index in [1.165, 1.54) is 22.3 Å². The van der Waals surface area contributed by atoms with Gasteiger partial charge in [-0.2, -0.15) is 0 Å². The quantitative estimate of drug-likeness (QED) is 0.300. The molecular weight excluding hydrogens is 474 g/mol. The van der Waals surface area contributed by atoms with Gasteiger partial charge in [0.25, 0.3) is 0 Å². The third-order valence-electron chi connectivity index (χ3n) is 8.47. The van der Waals surface area contributed by atoms with Crippen molar-refractivity contribution in [3.8, 4) is 11.1 Å². The van der Waals surface area contributed by atoms with Crippen molar-refractivity contribution in [3.63, 3.8) is 0 Å². The summed E-state index contributed by atoms with van der Waals surface area (Å²) in [6.07, 6.45) is 0.875. The minimum absolute atomic E-state index is 0.0226. The number of rotatable bonds is 4. The third kappa shape index (κ3) is 3.89. The van der Waals surface area contributed by atoms with Gasteiger partial charge in [0.1, 0.15) is 6.61 Å². The Hall–Kier alpha value is -3.96. The number of ketones is 1. The Morgan fingerprint density at radius 2 is 1.37 bits per heavy atom. The predicted octanol–water partition coefficient (Wildman–Crippen LogP) is 6.45. The van der Waals surface area contributed by atoms with Crippen LogP contribution >= 0.6 is 0 Å². The molecule has 38 heavy (non-hydrogen) atoms. The SMILES string of the molecule is O=C(c1ccc2ccccc2c1)C1CC2COCC(C1)N2C(=O)OCC1c2ccccc2-c2ccccc21. The summed E-state index contributed by atoms with van der Waals surface area (Å²) in [6, 6.07) is 30.4. The Kier molecular flexibility index (Phi) is 5.74. The Bertz CT molecular complexity index is 1490. The Morgan fingerprint density at radius 3 is 2.05 bits per heavy atom.